The zero-order valence-corrected chi connectivity index (χ0v) is 15.0. The third-order valence-electron chi connectivity index (χ3n) is 5.48. The van der Waals surface area contributed by atoms with Gasteiger partial charge in [0.1, 0.15) is 5.75 Å². The molecule has 1 saturated carbocycles. The molecule has 0 saturated heterocycles. The minimum atomic E-state index is -0.679. The van der Waals surface area contributed by atoms with Crippen LogP contribution < -0.4 is 10.1 Å². The third-order valence-corrected chi connectivity index (χ3v) is 5.48. The lowest BCUT2D eigenvalue weighted by Crippen LogP contribution is -2.42. The number of unbranched alkanes of at least 4 members (excludes halogenated alkanes) is 3. The Kier molecular flexibility index (Phi) is 6.14. The molecule has 0 amide bonds. The van der Waals surface area contributed by atoms with E-state index in [1.165, 1.54) is 19.3 Å². The Morgan fingerprint density at radius 1 is 1.16 bits per heavy atom. The van der Waals surface area contributed by atoms with Crippen LogP contribution in [-0.2, 0) is 11.3 Å². The van der Waals surface area contributed by atoms with E-state index < -0.39 is 5.97 Å². The van der Waals surface area contributed by atoms with Crippen molar-refractivity contribution in [3.63, 3.8) is 0 Å². The molecular weight excluding hydrogens is 314 g/mol. The molecule has 1 fully saturated rings. The normalized spacial score (nSPS) is 26.9. The lowest BCUT2D eigenvalue weighted by atomic mass is 9.89. The largest absolute Gasteiger partial charge is 0.494 e. The summed E-state index contributed by atoms with van der Waals surface area (Å²) in [7, 11) is 0. The molecular formula is C21H29NO3. The number of hydrogen-bond donors (Lipinski definition) is 2. The molecule has 3 rings (SSSR count). The average Bonchev–Trinajstić information content (AvgIpc) is 3.22. The summed E-state index contributed by atoms with van der Waals surface area (Å²) in [6.07, 6.45) is 10.1. The summed E-state index contributed by atoms with van der Waals surface area (Å²) in [6.45, 7) is 3.68. The fourth-order valence-corrected chi connectivity index (χ4v) is 4.10. The van der Waals surface area contributed by atoms with E-state index in [4.69, 9.17) is 4.74 Å². The Hall–Kier alpha value is -1.81. The molecule has 4 atom stereocenters. The van der Waals surface area contributed by atoms with E-state index in [0.717, 1.165) is 30.8 Å². The highest BCUT2D eigenvalue weighted by atomic mass is 16.5. The molecule has 2 aliphatic rings. The van der Waals surface area contributed by atoms with Crippen LogP contribution in [0.5, 0.6) is 5.75 Å². The topological polar surface area (TPSA) is 58.6 Å². The second-order valence-corrected chi connectivity index (χ2v) is 7.27. The molecule has 2 unspecified atom stereocenters. The summed E-state index contributed by atoms with van der Waals surface area (Å²) in [5, 5.41) is 13.0. The van der Waals surface area contributed by atoms with Crippen LogP contribution in [-0.4, -0.2) is 23.7 Å². The quantitative estimate of drug-likeness (QED) is 0.498. The molecule has 2 bridgehead atoms. The van der Waals surface area contributed by atoms with Gasteiger partial charge >= 0.3 is 5.97 Å². The average molecular weight is 343 g/mol. The molecule has 136 valence electrons. The minimum absolute atomic E-state index is 0.0435. The van der Waals surface area contributed by atoms with Crippen LogP contribution in [0.15, 0.2) is 36.4 Å². The van der Waals surface area contributed by atoms with Crippen molar-refractivity contribution in [1.29, 1.82) is 0 Å². The third kappa shape index (κ3) is 4.43. The molecule has 1 aromatic carbocycles. The van der Waals surface area contributed by atoms with Crippen LogP contribution in [0.4, 0.5) is 0 Å². The van der Waals surface area contributed by atoms with Gasteiger partial charge in [0.05, 0.1) is 12.5 Å². The zero-order chi connectivity index (χ0) is 17.6. The molecule has 2 N–H and O–H groups in total. The highest BCUT2D eigenvalue weighted by Crippen LogP contribution is 2.43. The molecule has 25 heavy (non-hydrogen) atoms. The number of aliphatic carboxylic acids is 1. The number of carboxylic acid groups (broad SMARTS) is 1. The van der Waals surface area contributed by atoms with E-state index in [9.17, 15) is 9.90 Å². The van der Waals surface area contributed by atoms with Crippen molar-refractivity contribution < 1.29 is 14.6 Å². The molecule has 4 nitrogen and oxygen atoms in total. The summed E-state index contributed by atoms with van der Waals surface area (Å²) in [5.74, 6) is 0.494. The van der Waals surface area contributed by atoms with Crippen LogP contribution >= 0.6 is 0 Å². The van der Waals surface area contributed by atoms with Crippen LogP contribution in [0, 0.1) is 17.8 Å². The highest BCUT2D eigenvalue weighted by Gasteiger charge is 2.47. The van der Waals surface area contributed by atoms with Gasteiger partial charge in [0.15, 0.2) is 0 Å². The van der Waals surface area contributed by atoms with Crippen molar-refractivity contribution in [1.82, 2.24) is 5.32 Å². The van der Waals surface area contributed by atoms with Crippen molar-refractivity contribution in [2.45, 2.75) is 51.6 Å². The number of allylic oxidation sites excluding steroid dienone is 1. The number of rotatable bonds is 10. The SMILES string of the molecule is CCCCCCOc1ccc(CN[C@@H]2C3C=CC(C3)[C@@H]2C(=O)O)cc1. The number of carboxylic acids is 1. The van der Waals surface area contributed by atoms with Crippen molar-refractivity contribution >= 4 is 5.97 Å². The van der Waals surface area contributed by atoms with Gasteiger partial charge in [-0.1, -0.05) is 50.5 Å². The van der Waals surface area contributed by atoms with E-state index >= 15 is 0 Å². The summed E-state index contributed by atoms with van der Waals surface area (Å²) >= 11 is 0. The maximum Gasteiger partial charge on any atom is 0.308 e. The number of nitrogens with one attached hydrogen (secondary N) is 1. The maximum absolute atomic E-state index is 11.5. The fourth-order valence-electron chi connectivity index (χ4n) is 4.10. The lowest BCUT2D eigenvalue weighted by molar-refractivity contribution is -0.143. The van der Waals surface area contributed by atoms with Crippen LogP contribution in [0.2, 0.25) is 0 Å². The second-order valence-electron chi connectivity index (χ2n) is 7.27. The van der Waals surface area contributed by atoms with Crippen LogP contribution in [0.25, 0.3) is 0 Å². The molecule has 0 aromatic heterocycles. The molecule has 2 aliphatic carbocycles. The van der Waals surface area contributed by atoms with E-state index in [2.05, 4.69) is 36.5 Å². The van der Waals surface area contributed by atoms with Crippen molar-refractivity contribution in [2.24, 2.45) is 17.8 Å². The van der Waals surface area contributed by atoms with E-state index in [1.807, 2.05) is 12.1 Å². The van der Waals surface area contributed by atoms with Gasteiger partial charge in [-0.15, -0.1) is 0 Å². The summed E-state index contributed by atoms with van der Waals surface area (Å²) < 4.78 is 5.77. The first kappa shape index (κ1) is 18.0. The van der Waals surface area contributed by atoms with Gasteiger partial charge in [-0.3, -0.25) is 4.79 Å². The van der Waals surface area contributed by atoms with Crippen molar-refractivity contribution in [3.05, 3.63) is 42.0 Å². The Bertz CT molecular complexity index is 596. The Balaban J connectivity index is 1.46. The fraction of sp³-hybridized carbons (Fsp3) is 0.571. The van der Waals surface area contributed by atoms with Gasteiger partial charge in [-0.2, -0.15) is 0 Å². The molecule has 0 spiro atoms. The predicted octanol–water partition coefficient (Wildman–Crippen LogP) is 4.01. The standard InChI is InChI=1S/C21H29NO3/c1-2-3-4-5-12-25-18-10-6-15(7-11-18)14-22-20-17-9-8-16(13-17)19(20)21(23)24/h6-11,16-17,19-20,22H,2-5,12-14H2,1H3,(H,23,24)/t16?,17?,19-,20+/m0/s1. The lowest BCUT2D eigenvalue weighted by Gasteiger charge is -2.26. The number of ether oxygens (including phenoxy) is 1. The molecule has 1 aromatic rings. The zero-order valence-electron chi connectivity index (χ0n) is 15.0. The van der Waals surface area contributed by atoms with Gasteiger partial charge in [0.2, 0.25) is 0 Å². The number of fused-ring (bicyclic) bond motifs is 2. The number of benzene rings is 1. The van der Waals surface area contributed by atoms with E-state index in [0.29, 0.717) is 12.5 Å². The second kappa shape index (κ2) is 8.52. The van der Waals surface area contributed by atoms with E-state index in [-0.39, 0.29) is 17.9 Å². The van der Waals surface area contributed by atoms with Gasteiger partial charge in [0.25, 0.3) is 0 Å². The first-order valence-electron chi connectivity index (χ1n) is 9.55. The minimum Gasteiger partial charge on any atom is -0.494 e. The first-order chi connectivity index (χ1) is 12.2. The van der Waals surface area contributed by atoms with Gasteiger partial charge in [-0.05, 0) is 42.4 Å². The van der Waals surface area contributed by atoms with Gasteiger partial charge < -0.3 is 15.2 Å². The molecule has 0 heterocycles. The summed E-state index contributed by atoms with van der Waals surface area (Å²) in [5.41, 5.74) is 1.16. The van der Waals surface area contributed by atoms with Crippen molar-refractivity contribution in [3.8, 4) is 5.75 Å². The Morgan fingerprint density at radius 3 is 2.64 bits per heavy atom. The highest BCUT2D eigenvalue weighted by molar-refractivity contribution is 5.73. The van der Waals surface area contributed by atoms with Gasteiger partial charge in [0, 0.05) is 12.6 Å². The smallest absolute Gasteiger partial charge is 0.308 e. The molecule has 0 radical (unpaired) electrons. The van der Waals surface area contributed by atoms with Crippen LogP contribution in [0.1, 0.15) is 44.6 Å². The maximum atomic E-state index is 11.5. The number of carbonyl (C=O) groups is 1. The van der Waals surface area contributed by atoms with E-state index in [1.54, 1.807) is 0 Å². The van der Waals surface area contributed by atoms with Crippen molar-refractivity contribution in [2.75, 3.05) is 6.61 Å². The van der Waals surface area contributed by atoms with Gasteiger partial charge in [-0.25, -0.2) is 0 Å². The first-order valence-corrected chi connectivity index (χ1v) is 9.55. The predicted molar refractivity (Wildman–Crippen MR) is 98.6 cm³/mol. The molecule has 0 aliphatic heterocycles. The monoisotopic (exact) mass is 343 g/mol. The molecule has 4 heteroatoms. The Labute approximate surface area is 150 Å². The Morgan fingerprint density at radius 2 is 1.92 bits per heavy atom. The summed E-state index contributed by atoms with van der Waals surface area (Å²) in [4.78, 5) is 11.5. The summed E-state index contributed by atoms with van der Waals surface area (Å²) in [6, 6.07) is 8.18. The number of hydrogen-bond acceptors (Lipinski definition) is 3. The van der Waals surface area contributed by atoms with Crippen LogP contribution in [0.3, 0.4) is 0 Å².